The van der Waals surface area contributed by atoms with E-state index in [1.165, 1.54) is 6.07 Å². The van der Waals surface area contributed by atoms with E-state index >= 15 is 4.39 Å². The first-order valence-electron chi connectivity index (χ1n) is 14.3. The van der Waals surface area contributed by atoms with Gasteiger partial charge >= 0.3 is 5.76 Å². The van der Waals surface area contributed by atoms with Crippen molar-refractivity contribution < 1.29 is 18.4 Å². The fourth-order valence-corrected chi connectivity index (χ4v) is 5.68. The molecule has 0 aliphatic carbocycles. The van der Waals surface area contributed by atoms with Crippen molar-refractivity contribution in [1.29, 1.82) is 0 Å². The van der Waals surface area contributed by atoms with Gasteiger partial charge in [-0.3, -0.25) is 14.4 Å². The Bertz CT molecular complexity index is 1790. The van der Waals surface area contributed by atoms with Crippen LogP contribution in [0.5, 0.6) is 5.88 Å². The molecule has 2 fully saturated rings. The number of imidazole rings is 1. The maximum Gasteiger partial charge on any atom is 0.439 e. The lowest BCUT2D eigenvalue weighted by Gasteiger charge is -2.32. The summed E-state index contributed by atoms with van der Waals surface area (Å²) in [5, 5.41) is 4.34. The molecule has 3 aromatic heterocycles. The van der Waals surface area contributed by atoms with Gasteiger partial charge in [-0.05, 0) is 43.0 Å². The third kappa shape index (κ3) is 6.17. The Morgan fingerprint density at radius 2 is 1.91 bits per heavy atom. The van der Waals surface area contributed by atoms with Gasteiger partial charge in [0.25, 0.3) is 0 Å². The number of fused-ring (bicyclic) bond motifs is 1. The molecule has 7 rings (SSSR count). The molecule has 1 atom stereocenters. The summed E-state index contributed by atoms with van der Waals surface area (Å²) in [4.78, 5) is 30.1. The summed E-state index contributed by atoms with van der Waals surface area (Å²) in [5.41, 5.74) is 2.50. The predicted molar refractivity (Wildman–Crippen MR) is 155 cm³/mol. The van der Waals surface area contributed by atoms with Crippen LogP contribution in [0.2, 0.25) is 5.02 Å². The molecule has 5 heterocycles. The van der Waals surface area contributed by atoms with E-state index in [9.17, 15) is 4.79 Å². The summed E-state index contributed by atoms with van der Waals surface area (Å²) in [5.74, 6) is 0.877. The molecular weight excluding hydrogens is 577 g/mol. The van der Waals surface area contributed by atoms with Gasteiger partial charge in [-0.1, -0.05) is 28.9 Å². The highest BCUT2D eigenvalue weighted by Gasteiger charge is 2.26. The number of ether oxygens (including phenoxy) is 2. The lowest BCUT2D eigenvalue weighted by Crippen LogP contribution is -2.39. The maximum atomic E-state index is 15.2. The van der Waals surface area contributed by atoms with Gasteiger partial charge < -0.3 is 14.0 Å². The van der Waals surface area contributed by atoms with Crippen molar-refractivity contribution in [2.45, 2.75) is 51.0 Å². The fraction of sp³-hybridized carbons (Fsp3) is 0.367. The molecule has 43 heavy (non-hydrogen) atoms. The molecule has 0 spiro atoms. The van der Waals surface area contributed by atoms with Crippen molar-refractivity contribution in [3.63, 3.8) is 0 Å². The van der Waals surface area contributed by atoms with E-state index < -0.39 is 11.6 Å². The first kappa shape index (κ1) is 27.7. The van der Waals surface area contributed by atoms with Crippen molar-refractivity contribution >= 4 is 22.6 Å². The van der Waals surface area contributed by atoms with Crippen LogP contribution in [0.4, 0.5) is 4.39 Å². The van der Waals surface area contributed by atoms with Gasteiger partial charge in [-0.25, -0.2) is 19.2 Å². The zero-order valence-corrected chi connectivity index (χ0v) is 24.0. The lowest BCUT2D eigenvalue weighted by molar-refractivity contribution is -0.0592. The van der Waals surface area contributed by atoms with Crippen LogP contribution in [0.25, 0.3) is 22.4 Å². The normalized spacial score (nSPS) is 17.8. The monoisotopic (exact) mass is 605 g/mol. The van der Waals surface area contributed by atoms with Crippen molar-refractivity contribution in [3.8, 4) is 17.3 Å². The minimum Gasteiger partial charge on any atom is -0.474 e. The Kier molecular flexibility index (Phi) is 7.64. The zero-order chi connectivity index (χ0) is 29.3. The molecular formula is C30H29ClFN7O4. The highest BCUT2D eigenvalue weighted by molar-refractivity contribution is 6.30. The van der Waals surface area contributed by atoms with Gasteiger partial charge in [0.2, 0.25) is 5.88 Å². The van der Waals surface area contributed by atoms with Crippen LogP contribution in [-0.4, -0.2) is 66.5 Å². The summed E-state index contributed by atoms with van der Waals surface area (Å²) in [6.07, 6.45) is 5.06. The lowest BCUT2D eigenvalue weighted by atomic mass is 10.1. The molecule has 11 nitrogen and oxygen atoms in total. The van der Waals surface area contributed by atoms with Crippen LogP contribution in [0, 0.1) is 5.82 Å². The molecule has 0 bridgehead atoms. The molecule has 1 N–H and O–H groups in total. The number of nitrogens with zero attached hydrogens (tertiary/aromatic N) is 6. The number of likely N-dealkylation sites (tertiary alicyclic amines) is 1. The van der Waals surface area contributed by atoms with Crippen LogP contribution >= 0.6 is 11.6 Å². The van der Waals surface area contributed by atoms with Crippen LogP contribution in [0.1, 0.15) is 36.5 Å². The molecule has 222 valence electrons. The molecule has 5 aromatic rings. The number of rotatable bonds is 9. The summed E-state index contributed by atoms with van der Waals surface area (Å²) >= 11 is 6.00. The Balaban J connectivity index is 1.03. The van der Waals surface area contributed by atoms with Crippen LogP contribution in [-0.2, 0) is 24.2 Å². The number of halogens is 2. The van der Waals surface area contributed by atoms with Crippen LogP contribution < -0.4 is 10.5 Å². The van der Waals surface area contributed by atoms with E-state index in [-0.39, 0.29) is 23.6 Å². The molecule has 2 aliphatic heterocycles. The number of nitrogens with one attached hydrogen (secondary N) is 1. The van der Waals surface area contributed by atoms with Crippen LogP contribution in [0.15, 0.2) is 58.0 Å². The number of hydrogen-bond acceptors (Lipinski definition) is 9. The number of hydrogen-bond donors (Lipinski definition) is 1. The van der Waals surface area contributed by atoms with Gasteiger partial charge in [-0.15, -0.1) is 0 Å². The van der Waals surface area contributed by atoms with Gasteiger partial charge in [0.05, 0.1) is 35.8 Å². The van der Waals surface area contributed by atoms with E-state index in [0.717, 1.165) is 50.3 Å². The number of aromatic amines is 1. The highest BCUT2D eigenvalue weighted by atomic mass is 35.5. The van der Waals surface area contributed by atoms with Gasteiger partial charge in [0, 0.05) is 49.5 Å². The summed E-state index contributed by atoms with van der Waals surface area (Å²) < 4.78 is 33.7. The standard InChI is InChI=1S/C30H29ClFN7O4/c31-19-3-1-18(2-4-19)13-26-33-9-5-28(35-26)42-20-6-10-38(11-7-20)17-27-34-24-14-22(29-36-30(40)43-37-29)23(32)15-25(24)39(27)16-21-8-12-41-21/h1-5,9,14-15,20-21H,6-8,10-13,16-17H2,(H,36,37,40)/t21-/m0/s1. The number of aromatic nitrogens is 6. The summed E-state index contributed by atoms with van der Waals surface area (Å²) in [7, 11) is 0. The number of H-pyrrole nitrogens is 1. The smallest absolute Gasteiger partial charge is 0.439 e. The molecule has 2 aromatic carbocycles. The average Bonchev–Trinajstić information content (AvgIpc) is 3.55. The largest absolute Gasteiger partial charge is 0.474 e. The van der Waals surface area contributed by atoms with Gasteiger partial charge in [0.1, 0.15) is 23.6 Å². The number of benzene rings is 2. The Morgan fingerprint density at radius 1 is 1.09 bits per heavy atom. The molecule has 0 saturated carbocycles. The van der Waals surface area contributed by atoms with Crippen molar-refractivity contribution in [1.82, 2.24) is 34.6 Å². The molecule has 2 saturated heterocycles. The zero-order valence-electron chi connectivity index (χ0n) is 23.2. The first-order valence-corrected chi connectivity index (χ1v) is 14.7. The first-order chi connectivity index (χ1) is 21.0. The number of piperidine rings is 1. The SMILES string of the molecule is O=c1[nH]c(-c2cc3nc(CN4CCC(Oc5ccnc(Cc6ccc(Cl)cc6)n5)CC4)n(C[C@@H]4CCO4)c3cc2F)no1. The Labute approximate surface area is 250 Å². The molecule has 0 amide bonds. The average molecular weight is 606 g/mol. The quantitative estimate of drug-likeness (QED) is 0.260. The second-order valence-corrected chi connectivity index (χ2v) is 11.3. The third-order valence-electron chi connectivity index (χ3n) is 7.93. The van der Waals surface area contributed by atoms with E-state index in [4.69, 9.17) is 26.1 Å². The second-order valence-electron chi connectivity index (χ2n) is 10.9. The third-order valence-corrected chi connectivity index (χ3v) is 8.19. The molecule has 2 aliphatic rings. The van der Waals surface area contributed by atoms with E-state index in [2.05, 4.69) is 29.5 Å². The van der Waals surface area contributed by atoms with Gasteiger partial charge in [0.15, 0.2) is 5.82 Å². The van der Waals surface area contributed by atoms with Crippen molar-refractivity contribution in [2.75, 3.05) is 19.7 Å². The minimum atomic E-state index is -0.742. The molecule has 13 heteroatoms. The van der Waals surface area contributed by atoms with Crippen molar-refractivity contribution in [2.24, 2.45) is 0 Å². The fourth-order valence-electron chi connectivity index (χ4n) is 5.55. The van der Waals surface area contributed by atoms with Crippen LogP contribution in [0.3, 0.4) is 0 Å². The Morgan fingerprint density at radius 3 is 2.63 bits per heavy atom. The minimum absolute atomic E-state index is 0.0330. The summed E-state index contributed by atoms with van der Waals surface area (Å²) in [6, 6.07) is 12.5. The van der Waals surface area contributed by atoms with E-state index in [1.54, 1.807) is 18.3 Å². The van der Waals surface area contributed by atoms with Gasteiger partial charge in [-0.2, -0.15) is 4.98 Å². The maximum absolute atomic E-state index is 15.2. The second kappa shape index (κ2) is 11.9. The van der Waals surface area contributed by atoms with E-state index in [0.29, 0.717) is 47.3 Å². The van der Waals surface area contributed by atoms with E-state index in [1.807, 2.05) is 28.8 Å². The Hall–Kier alpha value is -4.13. The summed E-state index contributed by atoms with van der Waals surface area (Å²) in [6.45, 7) is 3.56. The van der Waals surface area contributed by atoms with Crippen molar-refractivity contribution in [3.05, 3.63) is 87.3 Å². The predicted octanol–water partition coefficient (Wildman–Crippen LogP) is 4.39. The highest BCUT2D eigenvalue weighted by Crippen LogP contribution is 2.29. The molecule has 0 unspecified atom stereocenters. The topological polar surface area (TPSA) is 124 Å². The molecule has 0 radical (unpaired) electrons.